The third kappa shape index (κ3) is 8.48. The molecule has 2 aromatic rings. The van der Waals surface area contributed by atoms with Crippen molar-refractivity contribution in [1.82, 2.24) is 14.8 Å². The van der Waals surface area contributed by atoms with Crippen molar-refractivity contribution in [2.24, 2.45) is 16.5 Å². The van der Waals surface area contributed by atoms with E-state index in [1.807, 2.05) is 42.5 Å². The van der Waals surface area contributed by atoms with Gasteiger partial charge in [-0.15, -0.1) is 0 Å². The standard InChI is InChI=1S/C27H34N6O5/c28-22(18-34)10-5-16-33(27(37)38-19-21-7-2-1-3-8-21)26(29)31-25(36)23-11-6-15-32(23)24(35)13-12-20-9-4-14-30-17-20/h1-4,7-9,14,17-18,22-23H,5-6,10-13,15-16,19,28H2,(H2,29,31,36)/t22-,23-/m0/s1. The molecule has 0 saturated carbocycles. The van der Waals surface area contributed by atoms with Crippen LogP contribution < -0.4 is 11.5 Å². The average molecular weight is 523 g/mol. The zero-order valence-corrected chi connectivity index (χ0v) is 21.3. The number of rotatable bonds is 11. The maximum Gasteiger partial charge on any atom is 0.416 e. The van der Waals surface area contributed by atoms with Gasteiger partial charge in [-0.2, -0.15) is 4.99 Å². The van der Waals surface area contributed by atoms with Crippen LogP contribution in [-0.4, -0.2) is 70.1 Å². The first-order valence-electron chi connectivity index (χ1n) is 12.6. The van der Waals surface area contributed by atoms with Gasteiger partial charge in [0.1, 0.15) is 18.9 Å². The van der Waals surface area contributed by atoms with E-state index in [0.717, 1.165) is 16.0 Å². The molecule has 0 aliphatic carbocycles. The van der Waals surface area contributed by atoms with E-state index in [2.05, 4.69) is 9.98 Å². The van der Waals surface area contributed by atoms with Crippen LogP contribution in [0.5, 0.6) is 0 Å². The number of nitrogens with two attached hydrogens (primary N) is 2. The topological polar surface area (TPSA) is 161 Å². The van der Waals surface area contributed by atoms with Crippen molar-refractivity contribution in [2.45, 2.75) is 57.2 Å². The van der Waals surface area contributed by atoms with Crippen molar-refractivity contribution in [3.63, 3.8) is 0 Å². The quantitative estimate of drug-likeness (QED) is 0.256. The van der Waals surface area contributed by atoms with E-state index in [0.29, 0.717) is 44.9 Å². The monoisotopic (exact) mass is 522 g/mol. The normalized spacial score (nSPS) is 16.1. The summed E-state index contributed by atoms with van der Waals surface area (Å²) < 4.78 is 5.38. The van der Waals surface area contributed by atoms with Crippen LogP contribution in [0.1, 0.15) is 43.2 Å². The number of aryl methyl sites for hydroxylation is 1. The summed E-state index contributed by atoms with van der Waals surface area (Å²) in [6.45, 7) is 0.507. The van der Waals surface area contributed by atoms with Gasteiger partial charge in [0.2, 0.25) is 11.9 Å². The van der Waals surface area contributed by atoms with Gasteiger partial charge in [-0.25, -0.2) is 9.69 Å². The van der Waals surface area contributed by atoms with Crippen LogP contribution in [0.2, 0.25) is 0 Å². The van der Waals surface area contributed by atoms with Crippen LogP contribution in [-0.2, 0) is 32.1 Å². The van der Waals surface area contributed by atoms with Gasteiger partial charge in [-0.3, -0.25) is 14.6 Å². The van der Waals surface area contributed by atoms with E-state index >= 15 is 0 Å². The Bertz CT molecular complexity index is 1110. The number of likely N-dealkylation sites (tertiary alicyclic amines) is 1. The summed E-state index contributed by atoms with van der Waals surface area (Å²) >= 11 is 0. The maximum atomic E-state index is 13.1. The maximum absolute atomic E-state index is 13.1. The summed E-state index contributed by atoms with van der Waals surface area (Å²) in [4.78, 5) is 60.3. The summed E-state index contributed by atoms with van der Waals surface area (Å²) in [5.41, 5.74) is 13.5. The predicted molar refractivity (Wildman–Crippen MR) is 141 cm³/mol. The van der Waals surface area contributed by atoms with Gasteiger partial charge in [0.05, 0.1) is 6.04 Å². The number of nitrogens with zero attached hydrogens (tertiary/aromatic N) is 4. The van der Waals surface area contributed by atoms with E-state index in [1.165, 1.54) is 4.90 Å². The minimum Gasteiger partial charge on any atom is -0.444 e. The Hall–Kier alpha value is -4.12. The Kier molecular flexibility index (Phi) is 10.9. The average Bonchev–Trinajstić information content (AvgIpc) is 3.44. The predicted octanol–water partition coefficient (Wildman–Crippen LogP) is 1.79. The van der Waals surface area contributed by atoms with E-state index < -0.39 is 24.1 Å². The third-order valence-corrected chi connectivity index (χ3v) is 6.23. The summed E-state index contributed by atoms with van der Waals surface area (Å²) in [6.07, 6.45) is 5.75. The van der Waals surface area contributed by atoms with Gasteiger partial charge in [0.25, 0.3) is 5.91 Å². The summed E-state index contributed by atoms with van der Waals surface area (Å²) in [5.74, 6) is -1.08. The minimum absolute atomic E-state index is 0.00703. The number of aromatic nitrogens is 1. The zero-order chi connectivity index (χ0) is 27.3. The van der Waals surface area contributed by atoms with Gasteiger partial charge in [0, 0.05) is 31.9 Å². The molecule has 11 heteroatoms. The molecule has 0 spiro atoms. The lowest BCUT2D eigenvalue weighted by molar-refractivity contribution is -0.137. The lowest BCUT2D eigenvalue weighted by Gasteiger charge is -2.24. The number of aliphatic imine (C=N–C) groups is 1. The third-order valence-electron chi connectivity index (χ3n) is 6.23. The van der Waals surface area contributed by atoms with Crippen LogP contribution in [0, 0.1) is 0 Å². The second-order valence-corrected chi connectivity index (χ2v) is 9.05. The second-order valence-electron chi connectivity index (χ2n) is 9.05. The van der Waals surface area contributed by atoms with Gasteiger partial charge < -0.3 is 25.9 Å². The molecule has 2 atom stereocenters. The van der Waals surface area contributed by atoms with Crippen molar-refractivity contribution in [2.75, 3.05) is 13.1 Å². The fourth-order valence-corrected chi connectivity index (χ4v) is 4.16. The number of hydrogen-bond acceptors (Lipinski definition) is 7. The molecule has 1 aliphatic rings. The molecule has 202 valence electrons. The molecule has 1 aliphatic heterocycles. The van der Waals surface area contributed by atoms with Crippen LogP contribution in [0.15, 0.2) is 59.9 Å². The van der Waals surface area contributed by atoms with Crippen LogP contribution in [0.4, 0.5) is 4.79 Å². The first-order valence-corrected chi connectivity index (χ1v) is 12.6. The molecule has 1 aromatic carbocycles. The molecule has 0 radical (unpaired) electrons. The highest BCUT2D eigenvalue weighted by Crippen LogP contribution is 2.20. The molecule has 2 heterocycles. The van der Waals surface area contributed by atoms with E-state index in [1.54, 1.807) is 12.4 Å². The smallest absolute Gasteiger partial charge is 0.416 e. The number of ether oxygens (including phenoxy) is 1. The van der Waals surface area contributed by atoms with Crippen LogP contribution in [0.3, 0.4) is 0 Å². The largest absolute Gasteiger partial charge is 0.444 e. The van der Waals surface area contributed by atoms with Crippen molar-refractivity contribution >= 4 is 30.2 Å². The fraction of sp³-hybridized carbons (Fsp3) is 0.407. The number of pyridine rings is 1. The molecular formula is C27H34N6O5. The number of carbonyl (C=O) groups excluding carboxylic acids is 4. The Morgan fingerprint density at radius 1 is 1.18 bits per heavy atom. The highest BCUT2D eigenvalue weighted by molar-refractivity contribution is 6.01. The first kappa shape index (κ1) is 28.5. The highest BCUT2D eigenvalue weighted by atomic mass is 16.6. The number of carbonyl (C=O) groups is 4. The van der Waals surface area contributed by atoms with E-state index in [4.69, 9.17) is 16.2 Å². The number of hydrogen-bond donors (Lipinski definition) is 2. The Balaban J connectivity index is 1.65. The molecule has 0 bridgehead atoms. The van der Waals surface area contributed by atoms with E-state index in [-0.39, 0.29) is 31.4 Å². The van der Waals surface area contributed by atoms with E-state index in [9.17, 15) is 19.2 Å². The second kappa shape index (κ2) is 14.6. The molecule has 11 nitrogen and oxygen atoms in total. The molecule has 1 fully saturated rings. The summed E-state index contributed by atoms with van der Waals surface area (Å²) in [6, 6.07) is 11.4. The van der Waals surface area contributed by atoms with Gasteiger partial charge in [-0.1, -0.05) is 36.4 Å². The Labute approximate surface area is 221 Å². The molecule has 1 aromatic heterocycles. The molecule has 0 unspecified atom stereocenters. The molecule has 1 saturated heterocycles. The summed E-state index contributed by atoms with van der Waals surface area (Å²) in [5, 5.41) is 0. The summed E-state index contributed by atoms with van der Waals surface area (Å²) in [7, 11) is 0. The number of aldehydes is 1. The van der Waals surface area contributed by atoms with Crippen molar-refractivity contribution < 1.29 is 23.9 Å². The van der Waals surface area contributed by atoms with Gasteiger partial charge >= 0.3 is 6.09 Å². The number of guanidine groups is 1. The SMILES string of the molecule is NC(=NC(=O)[C@@H]1CCCN1C(=O)CCc1cccnc1)N(CCC[C@H](N)C=O)C(=O)OCc1ccccc1. The van der Waals surface area contributed by atoms with Crippen molar-refractivity contribution in [3.8, 4) is 0 Å². The molecule has 4 N–H and O–H groups in total. The molecule has 3 rings (SSSR count). The molecule has 3 amide bonds. The van der Waals surface area contributed by atoms with Crippen LogP contribution in [0.25, 0.3) is 0 Å². The minimum atomic E-state index is -0.779. The lowest BCUT2D eigenvalue weighted by Crippen LogP contribution is -2.45. The van der Waals surface area contributed by atoms with Gasteiger partial charge in [-0.05, 0) is 49.3 Å². The first-order chi connectivity index (χ1) is 18.4. The molecule has 38 heavy (non-hydrogen) atoms. The number of amides is 3. The lowest BCUT2D eigenvalue weighted by atomic mass is 10.1. The Morgan fingerprint density at radius 2 is 1.95 bits per heavy atom. The van der Waals surface area contributed by atoms with Crippen molar-refractivity contribution in [1.29, 1.82) is 0 Å². The van der Waals surface area contributed by atoms with Crippen LogP contribution >= 0.6 is 0 Å². The number of benzene rings is 1. The van der Waals surface area contributed by atoms with Crippen molar-refractivity contribution in [3.05, 3.63) is 66.0 Å². The zero-order valence-electron chi connectivity index (χ0n) is 21.3. The fourth-order valence-electron chi connectivity index (χ4n) is 4.16. The Morgan fingerprint density at radius 3 is 2.66 bits per heavy atom. The highest BCUT2D eigenvalue weighted by Gasteiger charge is 2.34. The molecular weight excluding hydrogens is 488 g/mol. The van der Waals surface area contributed by atoms with Gasteiger partial charge in [0.15, 0.2) is 0 Å².